The number of carbonyl (C=O) groups excluding carboxylic acids is 2. The van der Waals surface area contributed by atoms with Gasteiger partial charge in [-0.2, -0.15) is 0 Å². The van der Waals surface area contributed by atoms with E-state index in [1.54, 1.807) is 4.90 Å². The fourth-order valence-corrected chi connectivity index (χ4v) is 4.10. The van der Waals surface area contributed by atoms with E-state index in [4.69, 9.17) is 0 Å². The largest absolute Gasteiger partial charge is 0.312 e. The van der Waals surface area contributed by atoms with Gasteiger partial charge in [-0.3, -0.25) is 14.5 Å². The van der Waals surface area contributed by atoms with Crippen LogP contribution >= 0.6 is 0 Å². The Morgan fingerprint density at radius 2 is 1.74 bits per heavy atom. The minimum atomic E-state index is 0.0278. The predicted molar refractivity (Wildman–Crippen MR) is 72.5 cm³/mol. The molecule has 3 aliphatic rings. The van der Waals surface area contributed by atoms with Crippen molar-refractivity contribution in [2.24, 2.45) is 5.41 Å². The fourth-order valence-electron chi connectivity index (χ4n) is 4.10. The molecule has 2 atom stereocenters. The van der Waals surface area contributed by atoms with E-state index in [1.165, 1.54) is 12.8 Å². The number of hydrogen-bond donors (Lipinski definition) is 1. The van der Waals surface area contributed by atoms with Crippen LogP contribution in [0.5, 0.6) is 0 Å². The first-order valence-electron chi connectivity index (χ1n) is 7.68. The zero-order valence-corrected chi connectivity index (χ0v) is 11.8. The quantitative estimate of drug-likeness (QED) is 0.735. The number of piperidine rings is 2. The minimum absolute atomic E-state index is 0.0278. The van der Waals surface area contributed by atoms with Crippen LogP contribution in [0, 0.1) is 5.41 Å². The second kappa shape index (κ2) is 4.89. The molecule has 4 heteroatoms. The Morgan fingerprint density at radius 1 is 1.11 bits per heavy atom. The van der Waals surface area contributed by atoms with E-state index in [1.807, 2.05) is 0 Å². The Kier molecular flexibility index (Phi) is 3.37. The normalized spacial score (nSPS) is 35.1. The number of rotatable bonds is 1. The number of imide groups is 1. The highest BCUT2D eigenvalue weighted by Crippen LogP contribution is 2.47. The highest BCUT2D eigenvalue weighted by molar-refractivity contribution is 5.99. The molecule has 0 radical (unpaired) electrons. The summed E-state index contributed by atoms with van der Waals surface area (Å²) in [5.41, 5.74) is 0.0278. The maximum atomic E-state index is 12.4. The molecule has 0 aromatic heterocycles. The first-order valence-corrected chi connectivity index (χ1v) is 7.68. The van der Waals surface area contributed by atoms with E-state index in [9.17, 15) is 9.59 Å². The molecule has 2 aliphatic heterocycles. The molecule has 0 bridgehead atoms. The number of likely N-dealkylation sites (tertiary alicyclic amines) is 1. The van der Waals surface area contributed by atoms with Gasteiger partial charge < -0.3 is 5.32 Å². The van der Waals surface area contributed by atoms with Crippen LogP contribution in [-0.2, 0) is 9.59 Å². The third-order valence-electron chi connectivity index (χ3n) is 5.25. The van der Waals surface area contributed by atoms with E-state index >= 15 is 0 Å². The van der Waals surface area contributed by atoms with Gasteiger partial charge in [0.15, 0.2) is 0 Å². The number of nitrogens with zero attached hydrogens (tertiary/aromatic N) is 1. The van der Waals surface area contributed by atoms with Crippen molar-refractivity contribution in [2.45, 2.75) is 70.4 Å². The topological polar surface area (TPSA) is 49.4 Å². The van der Waals surface area contributed by atoms with Crippen LogP contribution in [0.4, 0.5) is 0 Å². The lowest BCUT2D eigenvalue weighted by Crippen LogP contribution is -2.57. The highest BCUT2D eigenvalue weighted by Gasteiger charge is 2.47. The molecule has 2 unspecified atom stereocenters. The van der Waals surface area contributed by atoms with Gasteiger partial charge >= 0.3 is 0 Å². The molecule has 19 heavy (non-hydrogen) atoms. The maximum absolute atomic E-state index is 12.4. The lowest BCUT2D eigenvalue weighted by atomic mass is 9.75. The zero-order chi connectivity index (χ0) is 13.5. The molecule has 1 saturated carbocycles. The second-order valence-electron chi connectivity index (χ2n) is 6.76. The number of nitrogens with one attached hydrogen (secondary N) is 1. The molecule has 1 N–H and O–H groups in total. The average molecular weight is 264 g/mol. The van der Waals surface area contributed by atoms with E-state index in [0.29, 0.717) is 18.9 Å². The lowest BCUT2D eigenvalue weighted by molar-refractivity contribution is -0.157. The molecule has 0 aromatic carbocycles. The Bertz CT molecular complexity index is 360. The van der Waals surface area contributed by atoms with Gasteiger partial charge in [0.05, 0.1) is 6.04 Å². The van der Waals surface area contributed by atoms with E-state index in [0.717, 1.165) is 32.2 Å². The van der Waals surface area contributed by atoms with Crippen molar-refractivity contribution in [1.29, 1.82) is 0 Å². The summed E-state index contributed by atoms with van der Waals surface area (Å²) >= 11 is 0. The first-order chi connectivity index (χ1) is 9.10. The van der Waals surface area contributed by atoms with Gasteiger partial charge in [-0.15, -0.1) is 0 Å². The van der Waals surface area contributed by atoms with Crippen molar-refractivity contribution in [3.8, 4) is 0 Å². The van der Waals surface area contributed by atoms with Gasteiger partial charge in [0.2, 0.25) is 11.8 Å². The Labute approximate surface area is 114 Å². The van der Waals surface area contributed by atoms with Gasteiger partial charge in [0.1, 0.15) is 0 Å². The molecular formula is C15H24N2O2. The van der Waals surface area contributed by atoms with Crippen molar-refractivity contribution < 1.29 is 9.59 Å². The lowest BCUT2D eigenvalue weighted by Gasteiger charge is -2.42. The summed E-state index contributed by atoms with van der Waals surface area (Å²) in [4.78, 5) is 26.4. The molecule has 2 heterocycles. The van der Waals surface area contributed by atoms with E-state index < -0.39 is 0 Å². The van der Waals surface area contributed by atoms with E-state index in [2.05, 4.69) is 12.2 Å². The van der Waals surface area contributed by atoms with Gasteiger partial charge in [-0.25, -0.2) is 0 Å². The van der Waals surface area contributed by atoms with Crippen molar-refractivity contribution in [2.75, 3.05) is 6.54 Å². The van der Waals surface area contributed by atoms with Crippen LogP contribution < -0.4 is 5.32 Å². The Hall–Kier alpha value is -0.900. The van der Waals surface area contributed by atoms with E-state index in [-0.39, 0.29) is 23.3 Å². The van der Waals surface area contributed by atoms with Gasteiger partial charge in [0, 0.05) is 25.4 Å². The molecule has 1 aliphatic carbocycles. The smallest absolute Gasteiger partial charge is 0.230 e. The summed E-state index contributed by atoms with van der Waals surface area (Å²) in [6, 6.07) is 0.599. The molecule has 2 saturated heterocycles. The van der Waals surface area contributed by atoms with Gasteiger partial charge in [-0.05, 0) is 38.0 Å². The molecule has 106 valence electrons. The fraction of sp³-hybridized carbons (Fsp3) is 0.867. The van der Waals surface area contributed by atoms with Crippen LogP contribution in [-0.4, -0.2) is 35.3 Å². The summed E-state index contributed by atoms with van der Waals surface area (Å²) in [5, 5.41) is 3.39. The maximum Gasteiger partial charge on any atom is 0.230 e. The average Bonchev–Trinajstić information content (AvgIpc) is 2.78. The Balaban J connectivity index is 1.70. The summed E-state index contributed by atoms with van der Waals surface area (Å²) < 4.78 is 0. The molecule has 0 aromatic rings. The molecule has 1 spiro atoms. The number of hydrogen-bond acceptors (Lipinski definition) is 3. The molecule has 4 nitrogen and oxygen atoms in total. The predicted octanol–water partition coefficient (Wildman–Crippen LogP) is 1.84. The van der Waals surface area contributed by atoms with Crippen LogP contribution in [0.3, 0.4) is 0 Å². The minimum Gasteiger partial charge on any atom is -0.312 e. The summed E-state index contributed by atoms with van der Waals surface area (Å²) in [6.45, 7) is 2.93. The highest BCUT2D eigenvalue weighted by atomic mass is 16.2. The van der Waals surface area contributed by atoms with Crippen molar-refractivity contribution >= 4 is 11.8 Å². The third-order valence-corrected chi connectivity index (χ3v) is 5.25. The number of carbonyl (C=O) groups is 2. The molecule has 2 amide bonds. The van der Waals surface area contributed by atoms with Crippen LogP contribution in [0.2, 0.25) is 0 Å². The van der Waals surface area contributed by atoms with Gasteiger partial charge in [-0.1, -0.05) is 12.8 Å². The van der Waals surface area contributed by atoms with Crippen LogP contribution in [0.25, 0.3) is 0 Å². The molecule has 3 fully saturated rings. The monoisotopic (exact) mass is 264 g/mol. The van der Waals surface area contributed by atoms with Crippen molar-refractivity contribution in [3.63, 3.8) is 0 Å². The van der Waals surface area contributed by atoms with Crippen molar-refractivity contribution in [3.05, 3.63) is 0 Å². The van der Waals surface area contributed by atoms with Crippen LogP contribution in [0.1, 0.15) is 58.3 Å². The molecular weight excluding hydrogens is 240 g/mol. The first kappa shape index (κ1) is 13.1. The summed E-state index contributed by atoms with van der Waals surface area (Å²) in [7, 11) is 0. The zero-order valence-electron chi connectivity index (χ0n) is 11.8. The summed E-state index contributed by atoms with van der Waals surface area (Å²) in [6.07, 6.45) is 7.71. The van der Waals surface area contributed by atoms with Crippen molar-refractivity contribution in [1.82, 2.24) is 10.2 Å². The third kappa shape index (κ3) is 2.42. The SMILES string of the molecule is CC1CCC(N2C(=O)CC3(CCCC3)CC2=O)CN1. The second-order valence-corrected chi connectivity index (χ2v) is 6.76. The Morgan fingerprint density at radius 3 is 2.26 bits per heavy atom. The standard InChI is InChI=1S/C15H24N2O2/c1-11-4-5-12(10-16-11)17-13(18)8-15(9-14(17)19)6-2-3-7-15/h11-12,16H,2-10H2,1H3. The summed E-state index contributed by atoms with van der Waals surface area (Å²) in [5.74, 6) is 0.166. The molecule has 3 rings (SSSR count). The van der Waals surface area contributed by atoms with Gasteiger partial charge in [0.25, 0.3) is 0 Å². The van der Waals surface area contributed by atoms with Crippen LogP contribution in [0.15, 0.2) is 0 Å². The number of amides is 2.